The predicted molar refractivity (Wildman–Crippen MR) is 99.5 cm³/mol. The molecule has 0 atom stereocenters. The van der Waals surface area contributed by atoms with Crippen LogP contribution in [0.3, 0.4) is 0 Å². The highest BCUT2D eigenvalue weighted by Gasteiger charge is 2.17. The number of ether oxygens (including phenoxy) is 2. The van der Waals surface area contributed by atoms with Crippen molar-refractivity contribution in [2.75, 3.05) is 13.2 Å². The molecule has 2 aromatic heterocycles. The van der Waals surface area contributed by atoms with E-state index in [0.717, 1.165) is 27.3 Å². The van der Waals surface area contributed by atoms with Crippen LogP contribution >= 0.6 is 22.9 Å². The molecule has 3 aromatic rings. The number of aryl methyl sites for hydroxylation is 2. The van der Waals surface area contributed by atoms with Gasteiger partial charge in [0, 0.05) is 11.3 Å². The van der Waals surface area contributed by atoms with Crippen LogP contribution in [-0.2, 0) is 6.54 Å². The molecule has 0 spiro atoms. The Balaban J connectivity index is 1.76. The molecule has 1 aliphatic rings. The monoisotopic (exact) mass is 376 g/mol. The van der Waals surface area contributed by atoms with Crippen LogP contribution < -0.4 is 15.0 Å². The molecule has 0 aliphatic carbocycles. The molecular formula is C18H17ClN2O3S. The second kappa shape index (κ2) is 6.35. The van der Waals surface area contributed by atoms with Crippen LogP contribution in [-0.4, -0.2) is 22.8 Å². The fraction of sp³-hybridized carbons (Fsp3) is 0.333. The molecule has 0 saturated carbocycles. The fourth-order valence-electron chi connectivity index (χ4n) is 2.95. The van der Waals surface area contributed by atoms with Gasteiger partial charge in [-0.05, 0) is 37.1 Å². The molecule has 5 nitrogen and oxygen atoms in total. The summed E-state index contributed by atoms with van der Waals surface area (Å²) >= 11 is 7.89. The highest BCUT2D eigenvalue weighted by atomic mass is 35.5. The Hall–Kier alpha value is -2.05. The number of thiophene rings is 1. The smallest absolute Gasteiger partial charge is 0.262 e. The molecule has 0 saturated heterocycles. The van der Waals surface area contributed by atoms with Crippen molar-refractivity contribution in [3.8, 4) is 11.5 Å². The molecule has 0 unspecified atom stereocenters. The fourth-order valence-corrected chi connectivity index (χ4v) is 4.23. The first-order valence-electron chi connectivity index (χ1n) is 8.08. The zero-order chi connectivity index (χ0) is 17.6. The first kappa shape index (κ1) is 16.4. The third-order valence-corrected chi connectivity index (χ3v) is 5.77. The zero-order valence-electron chi connectivity index (χ0n) is 14.0. The van der Waals surface area contributed by atoms with Crippen LogP contribution in [0.25, 0.3) is 10.2 Å². The first-order valence-corrected chi connectivity index (χ1v) is 9.27. The SMILES string of the molecule is Cc1sc2ncn(Cc3cc(Cl)c4c(c3)OCCCO4)c(=O)c2c1C. The minimum absolute atomic E-state index is 0.0323. The van der Waals surface area contributed by atoms with E-state index in [1.165, 1.54) is 0 Å². The maximum atomic E-state index is 12.8. The van der Waals surface area contributed by atoms with E-state index in [0.29, 0.717) is 41.7 Å². The lowest BCUT2D eigenvalue weighted by molar-refractivity contribution is 0.297. The van der Waals surface area contributed by atoms with Crippen LogP contribution in [0.5, 0.6) is 11.5 Å². The second-order valence-corrected chi connectivity index (χ2v) is 7.71. The number of halogens is 1. The van der Waals surface area contributed by atoms with E-state index in [-0.39, 0.29) is 5.56 Å². The van der Waals surface area contributed by atoms with E-state index in [4.69, 9.17) is 21.1 Å². The second-order valence-electron chi connectivity index (χ2n) is 6.10. The van der Waals surface area contributed by atoms with Crippen LogP contribution in [0.15, 0.2) is 23.3 Å². The zero-order valence-corrected chi connectivity index (χ0v) is 15.5. The topological polar surface area (TPSA) is 53.4 Å². The van der Waals surface area contributed by atoms with Gasteiger partial charge in [-0.15, -0.1) is 11.3 Å². The number of hydrogen-bond acceptors (Lipinski definition) is 5. The van der Waals surface area contributed by atoms with E-state index in [1.54, 1.807) is 22.2 Å². The van der Waals surface area contributed by atoms with Gasteiger partial charge in [-0.2, -0.15) is 0 Å². The van der Waals surface area contributed by atoms with Gasteiger partial charge in [-0.3, -0.25) is 9.36 Å². The largest absolute Gasteiger partial charge is 0.489 e. The number of rotatable bonds is 2. The molecule has 130 valence electrons. The summed E-state index contributed by atoms with van der Waals surface area (Å²) in [6.45, 7) is 5.53. The van der Waals surface area contributed by atoms with Gasteiger partial charge >= 0.3 is 0 Å². The van der Waals surface area contributed by atoms with E-state index in [1.807, 2.05) is 26.0 Å². The Morgan fingerprint density at radius 3 is 2.92 bits per heavy atom. The Morgan fingerprint density at radius 1 is 1.28 bits per heavy atom. The predicted octanol–water partition coefficient (Wildman–Crippen LogP) is 3.94. The lowest BCUT2D eigenvalue weighted by atomic mass is 10.2. The van der Waals surface area contributed by atoms with Gasteiger partial charge < -0.3 is 9.47 Å². The van der Waals surface area contributed by atoms with E-state index >= 15 is 0 Å². The lowest BCUT2D eigenvalue weighted by Crippen LogP contribution is -2.21. The number of fused-ring (bicyclic) bond motifs is 2. The molecule has 0 fully saturated rings. The standard InChI is InChI=1S/C18H17ClN2O3S/c1-10-11(2)25-17-15(10)18(22)21(9-20-17)8-12-6-13(19)16-14(7-12)23-4-3-5-24-16/h6-7,9H,3-5,8H2,1-2H3. The van der Waals surface area contributed by atoms with Crippen molar-refractivity contribution in [1.82, 2.24) is 9.55 Å². The number of hydrogen-bond donors (Lipinski definition) is 0. The third-order valence-electron chi connectivity index (χ3n) is 4.37. The van der Waals surface area contributed by atoms with Gasteiger partial charge in [0.25, 0.3) is 5.56 Å². The normalized spacial score (nSPS) is 13.9. The molecule has 0 N–H and O–H groups in total. The maximum absolute atomic E-state index is 12.8. The Morgan fingerprint density at radius 2 is 2.08 bits per heavy atom. The molecule has 7 heteroatoms. The third kappa shape index (κ3) is 2.89. The first-order chi connectivity index (χ1) is 12.0. The van der Waals surface area contributed by atoms with Gasteiger partial charge in [0.15, 0.2) is 11.5 Å². The highest BCUT2D eigenvalue weighted by Crippen LogP contribution is 2.38. The van der Waals surface area contributed by atoms with Crippen molar-refractivity contribution in [3.63, 3.8) is 0 Å². The molecule has 0 radical (unpaired) electrons. The van der Waals surface area contributed by atoms with Gasteiger partial charge in [-0.1, -0.05) is 11.6 Å². The van der Waals surface area contributed by atoms with Gasteiger partial charge in [0.2, 0.25) is 0 Å². The minimum atomic E-state index is -0.0323. The summed E-state index contributed by atoms with van der Waals surface area (Å²) in [6, 6.07) is 3.70. The minimum Gasteiger partial charge on any atom is -0.489 e. The Kier molecular flexibility index (Phi) is 4.17. The van der Waals surface area contributed by atoms with Crippen molar-refractivity contribution < 1.29 is 9.47 Å². The average Bonchev–Trinajstić information content (AvgIpc) is 2.75. The summed E-state index contributed by atoms with van der Waals surface area (Å²) in [7, 11) is 0. The van der Waals surface area contributed by atoms with Crippen molar-refractivity contribution >= 4 is 33.2 Å². The van der Waals surface area contributed by atoms with E-state index < -0.39 is 0 Å². The van der Waals surface area contributed by atoms with Crippen molar-refractivity contribution in [3.05, 3.63) is 49.8 Å². The van der Waals surface area contributed by atoms with Crippen LogP contribution in [0, 0.1) is 13.8 Å². The Bertz CT molecular complexity index is 1030. The van der Waals surface area contributed by atoms with Crippen molar-refractivity contribution in [2.24, 2.45) is 0 Å². The summed E-state index contributed by atoms with van der Waals surface area (Å²) in [5, 5.41) is 1.20. The molecule has 4 rings (SSSR count). The summed E-state index contributed by atoms with van der Waals surface area (Å²) in [5.74, 6) is 1.21. The highest BCUT2D eigenvalue weighted by molar-refractivity contribution is 7.18. The van der Waals surface area contributed by atoms with Gasteiger partial charge in [-0.25, -0.2) is 4.98 Å². The molecule has 3 heterocycles. The summed E-state index contributed by atoms with van der Waals surface area (Å²) < 4.78 is 13.0. The van der Waals surface area contributed by atoms with Crippen LogP contribution in [0.2, 0.25) is 5.02 Å². The molecule has 1 aromatic carbocycles. The number of aromatic nitrogens is 2. The molecular weight excluding hydrogens is 360 g/mol. The van der Waals surface area contributed by atoms with Crippen LogP contribution in [0.4, 0.5) is 0 Å². The van der Waals surface area contributed by atoms with Gasteiger partial charge in [0.05, 0.1) is 36.5 Å². The molecule has 0 amide bonds. The molecule has 1 aliphatic heterocycles. The summed E-state index contributed by atoms with van der Waals surface area (Å²) in [6.07, 6.45) is 2.41. The van der Waals surface area contributed by atoms with Crippen molar-refractivity contribution in [1.29, 1.82) is 0 Å². The van der Waals surface area contributed by atoms with E-state index in [9.17, 15) is 4.79 Å². The summed E-state index contributed by atoms with van der Waals surface area (Å²) in [5.41, 5.74) is 1.85. The number of benzene rings is 1. The molecule has 25 heavy (non-hydrogen) atoms. The van der Waals surface area contributed by atoms with Crippen LogP contribution in [0.1, 0.15) is 22.4 Å². The Labute approximate surface area is 153 Å². The van der Waals surface area contributed by atoms with Crippen molar-refractivity contribution in [2.45, 2.75) is 26.8 Å². The van der Waals surface area contributed by atoms with E-state index in [2.05, 4.69) is 4.98 Å². The molecule has 0 bridgehead atoms. The maximum Gasteiger partial charge on any atom is 0.262 e. The number of nitrogens with zero attached hydrogens (tertiary/aromatic N) is 2. The average molecular weight is 377 g/mol. The lowest BCUT2D eigenvalue weighted by Gasteiger charge is -2.12. The summed E-state index contributed by atoms with van der Waals surface area (Å²) in [4.78, 5) is 19.2. The van der Waals surface area contributed by atoms with Gasteiger partial charge in [0.1, 0.15) is 4.83 Å². The quantitative estimate of drug-likeness (QED) is 0.679.